The van der Waals surface area contributed by atoms with Crippen molar-refractivity contribution >= 4 is 0 Å². The monoisotopic (exact) mass is 269 g/mol. The number of aromatic hydroxyl groups is 1. The van der Waals surface area contributed by atoms with Gasteiger partial charge in [-0.2, -0.15) is 0 Å². The maximum atomic E-state index is 9.93. The number of aromatic nitrogens is 2. The molecule has 104 valence electrons. The molecule has 4 nitrogen and oxygen atoms in total. The predicted octanol–water partition coefficient (Wildman–Crippen LogP) is 2.89. The molecule has 20 heavy (non-hydrogen) atoms. The number of nitrogens with one attached hydrogen (secondary N) is 1. The zero-order valence-electron chi connectivity index (χ0n) is 11.8. The number of benzene rings is 1. The fourth-order valence-corrected chi connectivity index (χ4v) is 2.94. The van der Waals surface area contributed by atoms with Gasteiger partial charge in [0.25, 0.3) is 0 Å². The van der Waals surface area contributed by atoms with Crippen LogP contribution in [0.1, 0.15) is 35.8 Å². The van der Waals surface area contributed by atoms with Gasteiger partial charge in [0, 0.05) is 23.0 Å². The number of nitrogens with zero attached hydrogens (tertiary/aromatic N) is 2. The number of rotatable bonds is 2. The Bertz CT molecular complexity index is 610. The number of para-hydroxylation sites is 1. The van der Waals surface area contributed by atoms with E-state index in [-0.39, 0.29) is 5.75 Å². The van der Waals surface area contributed by atoms with E-state index in [1.54, 1.807) is 12.1 Å². The van der Waals surface area contributed by atoms with Gasteiger partial charge >= 0.3 is 0 Å². The first kappa shape index (κ1) is 13.1. The number of hydrogen-bond donors (Lipinski definition) is 2. The Labute approximate surface area is 118 Å². The van der Waals surface area contributed by atoms with Crippen molar-refractivity contribution in [1.82, 2.24) is 15.3 Å². The average Bonchev–Trinajstić information content (AvgIpc) is 2.92. The van der Waals surface area contributed by atoms with Gasteiger partial charge in [0.05, 0.1) is 5.56 Å². The zero-order valence-corrected chi connectivity index (χ0v) is 11.8. The molecular weight excluding hydrogens is 250 g/mol. The fraction of sp³-hybridized carbons (Fsp3) is 0.375. The molecule has 1 unspecified atom stereocenters. The lowest BCUT2D eigenvalue weighted by atomic mass is 10.0. The first-order valence-electron chi connectivity index (χ1n) is 7.03. The second-order valence-corrected chi connectivity index (χ2v) is 5.30. The summed E-state index contributed by atoms with van der Waals surface area (Å²) in [5.41, 5.74) is 3.89. The van der Waals surface area contributed by atoms with Crippen LogP contribution in [0.4, 0.5) is 0 Å². The molecule has 1 atom stereocenters. The topological polar surface area (TPSA) is 58.0 Å². The molecule has 2 N–H and O–H groups in total. The highest BCUT2D eigenvalue weighted by atomic mass is 16.3. The van der Waals surface area contributed by atoms with Crippen molar-refractivity contribution in [2.24, 2.45) is 0 Å². The van der Waals surface area contributed by atoms with Crippen LogP contribution in [-0.4, -0.2) is 21.6 Å². The molecule has 0 radical (unpaired) electrons. The van der Waals surface area contributed by atoms with Crippen molar-refractivity contribution in [3.05, 3.63) is 41.2 Å². The van der Waals surface area contributed by atoms with Crippen molar-refractivity contribution in [3.8, 4) is 17.1 Å². The van der Waals surface area contributed by atoms with Gasteiger partial charge < -0.3 is 10.4 Å². The SMILES string of the molecule is Cc1nc(-c2ccccc2O)nc(C)c1C1CCCN1. The second kappa shape index (κ2) is 5.21. The molecule has 1 aromatic carbocycles. The molecule has 0 bridgehead atoms. The van der Waals surface area contributed by atoms with E-state index in [1.807, 2.05) is 26.0 Å². The summed E-state index contributed by atoms with van der Waals surface area (Å²) in [6.07, 6.45) is 2.34. The third-order valence-electron chi connectivity index (χ3n) is 3.88. The minimum atomic E-state index is 0.220. The van der Waals surface area contributed by atoms with Gasteiger partial charge in [0.1, 0.15) is 5.75 Å². The van der Waals surface area contributed by atoms with Crippen molar-refractivity contribution in [2.75, 3.05) is 6.54 Å². The highest BCUT2D eigenvalue weighted by Gasteiger charge is 2.22. The third kappa shape index (κ3) is 2.27. The Kier molecular flexibility index (Phi) is 3.40. The highest BCUT2D eigenvalue weighted by Crippen LogP contribution is 2.31. The standard InChI is InChI=1S/C16H19N3O/c1-10-15(13-7-5-9-17-13)11(2)19-16(18-10)12-6-3-4-8-14(12)20/h3-4,6,8,13,17,20H,5,7,9H2,1-2H3. The summed E-state index contributed by atoms with van der Waals surface area (Å²) in [6, 6.07) is 7.56. The van der Waals surface area contributed by atoms with Gasteiger partial charge in [-0.25, -0.2) is 9.97 Å². The lowest BCUT2D eigenvalue weighted by Gasteiger charge is -2.17. The summed E-state index contributed by atoms with van der Waals surface area (Å²) in [6.45, 7) is 5.10. The second-order valence-electron chi connectivity index (χ2n) is 5.30. The van der Waals surface area contributed by atoms with E-state index >= 15 is 0 Å². The van der Waals surface area contributed by atoms with E-state index in [0.29, 0.717) is 17.4 Å². The van der Waals surface area contributed by atoms with E-state index in [0.717, 1.165) is 24.4 Å². The summed E-state index contributed by atoms with van der Waals surface area (Å²) >= 11 is 0. The predicted molar refractivity (Wildman–Crippen MR) is 78.6 cm³/mol. The molecule has 0 aliphatic carbocycles. The van der Waals surface area contributed by atoms with Gasteiger partial charge in [-0.1, -0.05) is 12.1 Å². The first-order chi connectivity index (χ1) is 9.66. The van der Waals surface area contributed by atoms with Crippen molar-refractivity contribution < 1.29 is 5.11 Å². The number of phenols is 1. The molecule has 0 amide bonds. The van der Waals surface area contributed by atoms with Crippen LogP contribution < -0.4 is 5.32 Å². The van der Waals surface area contributed by atoms with Crippen molar-refractivity contribution in [2.45, 2.75) is 32.7 Å². The molecular formula is C16H19N3O. The lowest BCUT2D eigenvalue weighted by Crippen LogP contribution is -2.17. The molecule has 1 aromatic heterocycles. The Morgan fingerprint density at radius 1 is 1.15 bits per heavy atom. The number of hydrogen-bond acceptors (Lipinski definition) is 4. The maximum Gasteiger partial charge on any atom is 0.163 e. The van der Waals surface area contributed by atoms with E-state index in [4.69, 9.17) is 0 Å². The zero-order chi connectivity index (χ0) is 14.1. The molecule has 1 fully saturated rings. The van der Waals surface area contributed by atoms with E-state index in [9.17, 15) is 5.11 Å². The summed E-state index contributed by atoms with van der Waals surface area (Å²) in [7, 11) is 0. The van der Waals surface area contributed by atoms with Crippen LogP contribution in [0, 0.1) is 13.8 Å². The quantitative estimate of drug-likeness (QED) is 0.880. The fourth-order valence-electron chi connectivity index (χ4n) is 2.94. The Morgan fingerprint density at radius 2 is 1.85 bits per heavy atom. The minimum absolute atomic E-state index is 0.220. The minimum Gasteiger partial charge on any atom is -0.507 e. The Morgan fingerprint density at radius 3 is 2.45 bits per heavy atom. The van der Waals surface area contributed by atoms with E-state index in [1.165, 1.54) is 12.0 Å². The largest absolute Gasteiger partial charge is 0.507 e. The van der Waals surface area contributed by atoms with E-state index in [2.05, 4.69) is 15.3 Å². The third-order valence-corrected chi connectivity index (χ3v) is 3.88. The van der Waals surface area contributed by atoms with Crippen molar-refractivity contribution in [3.63, 3.8) is 0 Å². The molecule has 2 heterocycles. The number of phenolic OH excluding ortho intramolecular Hbond substituents is 1. The molecule has 4 heteroatoms. The lowest BCUT2D eigenvalue weighted by molar-refractivity contribution is 0.477. The molecule has 1 saturated heterocycles. The Hall–Kier alpha value is -1.94. The highest BCUT2D eigenvalue weighted by molar-refractivity contribution is 5.63. The van der Waals surface area contributed by atoms with Gasteiger partial charge in [-0.3, -0.25) is 0 Å². The van der Waals surface area contributed by atoms with Crippen LogP contribution >= 0.6 is 0 Å². The molecule has 0 spiro atoms. The Balaban J connectivity index is 2.06. The molecule has 2 aromatic rings. The van der Waals surface area contributed by atoms with Crippen LogP contribution in [0.3, 0.4) is 0 Å². The van der Waals surface area contributed by atoms with Crippen molar-refractivity contribution in [1.29, 1.82) is 0 Å². The first-order valence-corrected chi connectivity index (χ1v) is 7.03. The molecule has 1 aliphatic rings. The normalized spacial score (nSPS) is 18.4. The summed E-state index contributed by atoms with van der Waals surface area (Å²) in [4.78, 5) is 9.20. The number of aryl methyl sites for hydroxylation is 2. The van der Waals surface area contributed by atoms with Gasteiger partial charge in [-0.05, 0) is 45.4 Å². The summed E-state index contributed by atoms with van der Waals surface area (Å²) in [5, 5.41) is 13.4. The van der Waals surface area contributed by atoms with Crippen LogP contribution in [-0.2, 0) is 0 Å². The van der Waals surface area contributed by atoms with Crippen LogP contribution in [0.2, 0.25) is 0 Å². The van der Waals surface area contributed by atoms with Gasteiger partial charge in [0.2, 0.25) is 0 Å². The van der Waals surface area contributed by atoms with Crippen LogP contribution in [0.15, 0.2) is 24.3 Å². The van der Waals surface area contributed by atoms with Crippen LogP contribution in [0.25, 0.3) is 11.4 Å². The molecule has 1 aliphatic heterocycles. The average molecular weight is 269 g/mol. The maximum absolute atomic E-state index is 9.93. The smallest absolute Gasteiger partial charge is 0.163 e. The van der Waals surface area contributed by atoms with Crippen LogP contribution in [0.5, 0.6) is 5.75 Å². The van der Waals surface area contributed by atoms with E-state index < -0.39 is 0 Å². The van der Waals surface area contributed by atoms with Gasteiger partial charge in [0.15, 0.2) is 5.82 Å². The summed E-state index contributed by atoms with van der Waals surface area (Å²) in [5.74, 6) is 0.817. The molecule has 3 rings (SSSR count). The summed E-state index contributed by atoms with van der Waals surface area (Å²) < 4.78 is 0. The van der Waals surface area contributed by atoms with Gasteiger partial charge in [-0.15, -0.1) is 0 Å². The molecule has 0 saturated carbocycles.